The van der Waals surface area contributed by atoms with Gasteiger partial charge in [0.05, 0.1) is 14.2 Å². The fraction of sp³-hybridized carbons (Fsp3) is 0.455. The van der Waals surface area contributed by atoms with Crippen LogP contribution in [0, 0.1) is 0 Å². The van der Waals surface area contributed by atoms with Crippen molar-refractivity contribution in [3.05, 3.63) is 23.8 Å². The zero-order chi connectivity index (χ0) is 10.8. The van der Waals surface area contributed by atoms with Crippen LogP contribution in [-0.2, 0) is 5.54 Å². The zero-order valence-electron chi connectivity index (χ0n) is 9.13. The minimum atomic E-state index is -0.431. The molecule has 78 valence electrons. The summed E-state index contributed by atoms with van der Waals surface area (Å²) in [6, 6.07) is 5.62. The third-order valence-corrected chi connectivity index (χ3v) is 2.10. The molecule has 0 saturated heterocycles. The smallest absolute Gasteiger partial charge is 0.124 e. The molecule has 2 N–H and O–H groups in total. The first-order valence-electron chi connectivity index (χ1n) is 4.50. The predicted molar refractivity (Wildman–Crippen MR) is 56.8 cm³/mol. The second kappa shape index (κ2) is 3.88. The number of ether oxygens (including phenoxy) is 2. The highest BCUT2D eigenvalue weighted by Crippen LogP contribution is 2.31. The van der Waals surface area contributed by atoms with E-state index in [0.29, 0.717) is 0 Å². The van der Waals surface area contributed by atoms with Crippen molar-refractivity contribution >= 4 is 0 Å². The number of benzene rings is 1. The molecule has 0 spiro atoms. The number of methoxy groups -OCH3 is 2. The van der Waals surface area contributed by atoms with Crippen LogP contribution in [0.3, 0.4) is 0 Å². The van der Waals surface area contributed by atoms with Gasteiger partial charge in [0, 0.05) is 11.1 Å². The lowest BCUT2D eigenvalue weighted by Gasteiger charge is -2.22. The van der Waals surface area contributed by atoms with E-state index in [2.05, 4.69) is 0 Å². The first-order valence-corrected chi connectivity index (χ1v) is 4.50. The molecule has 3 nitrogen and oxygen atoms in total. The molecule has 0 aliphatic rings. The summed E-state index contributed by atoms with van der Waals surface area (Å²) in [6.07, 6.45) is 0. The molecule has 1 aromatic carbocycles. The van der Waals surface area contributed by atoms with E-state index in [0.717, 1.165) is 17.1 Å². The van der Waals surface area contributed by atoms with Crippen molar-refractivity contribution in [2.45, 2.75) is 19.4 Å². The maximum absolute atomic E-state index is 6.02. The normalized spacial score (nSPS) is 11.2. The largest absolute Gasteiger partial charge is 0.497 e. The molecule has 0 fully saturated rings. The average Bonchev–Trinajstić information content (AvgIpc) is 2.15. The molecule has 14 heavy (non-hydrogen) atoms. The van der Waals surface area contributed by atoms with Crippen LogP contribution in [0.1, 0.15) is 19.4 Å². The molecule has 0 radical (unpaired) electrons. The van der Waals surface area contributed by atoms with Crippen molar-refractivity contribution in [1.82, 2.24) is 0 Å². The Morgan fingerprint density at radius 3 is 2.21 bits per heavy atom. The van der Waals surface area contributed by atoms with Crippen molar-refractivity contribution in [3.8, 4) is 11.5 Å². The predicted octanol–water partition coefficient (Wildman–Crippen LogP) is 1.90. The molecule has 1 aromatic rings. The Bertz CT molecular complexity index is 316. The standard InChI is InChI=1S/C11H17NO2/c1-11(2,12)9-7-8(13-3)5-6-10(9)14-4/h5-7H,12H2,1-4H3. The van der Waals surface area contributed by atoms with Gasteiger partial charge in [-0.1, -0.05) is 0 Å². The van der Waals surface area contributed by atoms with E-state index >= 15 is 0 Å². The Morgan fingerprint density at radius 2 is 1.79 bits per heavy atom. The summed E-state index contributed by atoms with van der Waals surface area (Å²) in [6.45, 7) is 3.87. The molecule has 0 heterocycles. The van der Waals surface area contributed by atoms with Crippen molar-refractivity contribution in [3.63, 3.8) is 0 Å². The number of rotatable bonds is 3. The van der Waals surface area contributed by atoms with Crippen molar-refractivity contribution in [2.24, 2.45) is 5.73 Å². The fourth-order valence-corrected chi connectivity index (χ4v) is 1.32. The monoisotopic (exact) mass is 195 g/mol. The van der Waals surface area contributed by atoms with Crippen molar-refractivity contribution in [1.29, 1.82) is 0 Å². The third-order valence-electron chi connectivity index (χ3n) is 2.10. The maximum atomic E-state index is 6.02. The van der Waals surface area contributed by atoms with Gasteiger partial charge in [-0.2, -0.15) is 0 Å². The van der Waals surface area contributed by atoms with Crippen LogP contribution in [0.4, 0.5) is 0 Å². The Kier molecular flexibility index (Phi) is 3.01. The highest BCUT2D eigenvalue weighted by molar-refractivity contribution is 5.43. The van der Waals surface area contributed by atoms with Crippen LogP contribution in [0.5, 0.6) is 11.5 Å². The summed E-state index contributed by atoms with van der Waals surface area (Å²) in [4.78, 5) is 0. The summed E-state index contributed by atoms with van der Waals surface area (Å²) < 4.78 is 10.4. The minimum absolute atomic E-state index is 0.431. The number of hydrogen-bond donors (Lipinski definition) is 1. The van der Waals surface area contributed by atoms with E-state index in [1.165, 1.54) is 0 Å². The van der Waals surface area contributed by atoms with Crippen LogP contribution in [0.2, 0.25) is 0 Å². The minimum Gasteiger partial charge on any atom is -0.497 e. The first-order chi connectivity index (χ1) is 6.49. The average molecular weight is 195 g/mol. The Balaban J connectivity index is 3.22. The lowest BCUT2D eigenvalue weighted by atomic mass is 9.94. The Hall–Kier alpha value is -1.22. The van der Waals surface area contributed by atoms with E-state index in [1.54, 1.807) is 14.2 Å². The maximum Gasteiger partial charge on any atom is 0.124 e. The molecule has 0 aliphatic carbocycles. The Morgan fingerprint density at radius 1 is 1.14 bits per heavy atom. The van der Waals surface area contributed by atoms with E-state index in [4.69, 9.17) is 15.2 Å². The molecular weight excluding hydrogens is 178 g/mol. The van der Waals surface area contributed by atoms with Crippen LogP contribution in [0.25, 0.3) is 0 Å². The van der Waals surface area contributed by atoms with Gasteiger partial charge < -0.3 is 15.2 Å². The van der Waals surface area contributed by atoms with Gasteiger partial charge in [0.15, 0.2) is 0 Å². The SMILES string of the molecule is COc1ccc(OC)c(C(C)(C)N)c1. The van der Waals surface area contributed by atoms with Crippen molar-refractivity contribution in [2.75, 3.05) is 14.2 Å². The van der Waals surface area contributed by atoms with E-state index in [1.807, 2.05) is 32.0 Å². The topological polar surface area (TPSA) is 44.5 Å². The van der Waals surface area contributed by atoms with Gasteiger partial charge in [-0.25, -0.2) is 0 Å². The van der Waals surface area contributed by atoms with Gasteiger partial charge in [0.25, 0.3) is 0 Å². The highest BCUT2D eigenvalue weighted by Gasteiger charge is 2.19. The van der Waals surface area contributed by atoms with E-state index < -0.39 is 5.54 Å². The van der Waals surface area contributed by atoms with Gasteiger partial charge in [-0.15, -0.1) is 0 Å². The summed E-state index contributed by atoms with van der Waals surface area (Å²) >= 11 is 0. The van der Waals surface area contributed by atoms with E-state index in [9.17, 15) is 0 Å². The second-order valence-corrected chi connectivity index (χ2v) is 3.79. The molecular formula is C11H17NO2. The summed E-state index contributed by atoms with van der Waals surface area (Å²) in [7, 11) is 3.27. The van der Waals surface area contributed by atoms with E-state index in [-0.39, 0.29) is 0 Å². The third kappa shape index (κ3) is 2.17. The molecule has 0 saturated carbocycles. The van der Waals surface area contributed by atoms with Gasteiger partial charge >= 0.3 is 0 Å². The highest BCUT2D eigenvalue weighted by atomic mass is 16.5. The lowest BCUT2D eigenvalue weighted by molar-refractivity contribution is 0.385. The Labute approximate surface area is 84.8 Å². The van der Waals surface area contributed by atoms with Gasteiger partial charge in [-0.3, -0.25) is 0 Å². The van der Waals surface area contributed by atoms with Crippen molar-refractivity contribution < 1.29 is 9.47 Å². The van der Waals surface area contributed by atoms with Crippen LogP contribution < -0.4 is 15.2 Å². The van der Waals surface area contributed by atoms with Crippen LogP contribution in [-0.4, -0.2) is 14.2 Å². The molecule has 0 unspecified atom stereocenters. The molecule has 0 aliphatic heterocycles. The zero-order valence-corrected chi connectivity index (χ0v) is 9.13. The fourth-order valence-electron chi connectivity index (χ4n) is 1.32. The summed E-state index contributed by atoms with van der Waals surface area (Å²) in [5, 5.41) is 0. The van der Waals surface area contributed by atoms with Gasteiger partial charge in [-0.05, 0) is 32.0 Å². The molecule has 0 bridgehead atoms. The quantitative estimate of drug-likeness (QED) is 0.801. The molecule has 0 aromatic heterocycles. The van der Waals surface area contributed by atoms with Gasteiger partial charge in [0.1, 0.15) is 11.5 Å². The number of nitrogens with two attached hydrogens (primary N) is 1. The molecule has 0 amide bonds. The molecule has 3 heteroatoms. The lowest BCUT2D eigenvalue weighted by Crippen LogP contribution is -2.29. The van der Waals surface area contributed by atoms with Crippen LogP contribution >= 0.6 is 0 Å². The summed E-state index contributed by atoms with van der Waals surface area (Å²) in [5.41, 5.74) is 6.53. The van der Waals surface area contributed by atoms with Crippen LogP contribution in [0.15, 0.2) is 18.2 Å². The summed E-state index contributed by atoms with van der Waals surface area (Å²) in [5.74, 6) is 1.58. The first kappa shape index (κ1) is 10.9. The van der Waals surface area contributed by atoms with Gasteiger partial charge in [0.2, 0.25) is 0 Å². The second-order valence-electron chi connectivity index (χ2n) is 3.79. The molecule has 0 atom stereocenters. The molecule has 1 rings (SSSR count). The number of hydrogen-bond acceptors (Lipinski definition) is 3.